The van der Waals surface area contributed by atoms with Crippen LogP contribution in [0.3, 0.4) is 0 Å². The third-order valence-corrected chi connectivity index (χ3v) is 3.51. The quantitative estimate of drug-likeness (QED) is 0.767. The zero-order valence-corrected chi connectivity index (χ0v) is 10.8. The maximum absolute atomic E-state index is 10.8. The molecule has 0 aliphatic carbocycles. The lowest BCUT2D eigenvalue weighted by atomic mass is 10.2. The lowest BCUT2D eigenvalue weighted by Crippen LogP contribution is -1.94. The van der Waals surface area contributed by atoms with Gasteiger partial charge in [0, 0.05) is 30.4 Å². The third-order valence-electron chi connectivity index (χ3n) is 2.65. The number of H-pyrrole nitrogens is 1. The molecule has 3 aromatic heterocycles. The molecule has 0 unspecified atom stereocenters. The first-order valence-corrected chi connectivity index (χ1v) is 6.39. The van der Waals surface area contributed by atoms with Crippen molar-refractivity contribution in [2.75, 3.05) is 0 Å². The van der Waals surface area contributed by atoms with E-state index in [4.69, 9.17) is 5.11 Å². The van der Waals surface area contributed by atoms with Crippen LogP contribution in [-0.4, -0.2) is 30.8 Å². The van der Waals surface area contributed by atoms with Crippen LogP contribution in [0.5, 0.6) is 0 Å². The highest BCUT2D eigenvalue weighted by Gasteiger charge is 2.12. The number of aromatic carboxylic acids is 1. The second-order valence-electron chi connectivity index (χ2n) is 4.02. The summed E-state index contributed by atoms with van der Waals surface area (Å²) in [6.45, 7) is 0. The number of nitrogens with one attached hydrogen (secondary N) is 1. The SMILES string of the molecule is Cn1ccc(-c2nc(-c3c[nH]c(C(=O)O)c3)cs2)n1. The molecule has 0 aliphatic heterocycles. The molecule has 19 heavy (non-hydrogen) atoms. The average molecular weight is 274 g/mol. The fourth-order valence-corrected chi connectivity index (χ4v) is 2.51. The molecular formula is C12H10N4O2S. The molecule has 0 fully saturated rings. The van der Waals surface area contributed by atoms with Gasteiger partial charge in [0.15, 0.2) is 0 Å². The van der Waals surface area contributed by atoms with Crippen LogP contribution in [0.25, 0.3) is 22.0 Å². The Morgan fingerprint density at radius 2 is 2.32 bits per heavy atom. The average Bonchev–Trinajstić information content (AvgIpc) is 3.07. The number of carboxylic acid groups (broad SMARTS) is 1. The summed E-state index contributed by atoms with van der Waals surface area (Å²) in [7, 11) is 1.85. The molecule has 0 aliphatic rings. The summed E-state index contributed by atoms with van der Waals surface area (Å²) in [5.74, 6) is -0.980. The predicted molar refractivity (Wildman–Crippen MR) is 71.1 cm³/mol. The molecule has 3 aromatic rings. The zero-order valence-electron chi connectivity index (χ0n) is 9.99. The molecule has 96 valence electrons. The molecule has 7 heteroatoms. The Morgan fingerprint density at radius 3 is 2.95 bits per heavy atom. The molecule has 0 atom stereocenters. The first-order chi connectivity index (χ1) is 9.13. The van der Waals surface area contributed by atoms with Crippen molar-refractivity contribution in [2.45, 2.75) is 0 Å². The number of thiazole rings is 1. The van der Waals surface area contributed by atoms with E-state index in [1.165, 1.54) is 11.3 Å². The van der Waals surface area contributed by atoms with E-state index in [0.717, 1.165) is 22.0 Å². The minimum atomic E-state index is -0.980. The minimum absolute atomic E-state index is 0.155. The van der Waals surface area contributed by atoms with Crippen LogP contribution in [-0.2, 0) is 7.05 Å². The summed E-state index contributed by atoms with van der Waals surface area (Å²) in [5.41, 5.74) is 2.47. The highest BCUT2D eigenvalue weighted by molar-refractivity contribution is 7.13. The number of carbonyl (C=O) groups is 1. The molecule has 3 heterocycles. The summed E-state index contributed by atoms with van der Waals surface area (Å²) >= 11 is 1.48. The monoisotopic (exact) mass is 274 g/mol. The summed E-state index contributed by atoms with van der Waals surface area (Å²) in [4.78, 5) is 18.0. The predicted octanol–water partition coefficient (Wildman–Crippen LogP) is 2.24. The summed E-state index contributed by atoms with van der Waals surface area (Å²) in [5, 5.41) is 15.9. The fraction of sp³-hybridized carbons (Fsp3) is 0.0833. The van der Waals surface area contributed by atoms with Crippen LogP contribution in [0.4, 0.5) is 0 Å². The van der Waals surface area contributed by atoms with E-state index in [1.807, 2.05) is 24.7 Å². The number of rotatable bonds is 3. The van der Waals surface area contributed by atoms with E-state index >= 15 is 0 Å². The van der Waals surface area contributed by atoms with E-state index in [-0.39, 0.29) is 5.69 Å². The van der Waals surface area contributed by atoms with Gasteiger partial charge < -0.3 is 10.1 Å². The van der Waals surface area contributed by atoms with Gasteiger partial charge in [-0.1, -0.05) is 0 Å². The van der Waals surface area contributed by atoms with Gasteiger partial charge in [0.25, 0.3) is 0 Å². The second kappa shape index (κ2) is 4.36. The molecule has 0 spiro atoms. The Balaban J connectivity index is 1.94. The van der Waals surface area contributed by atoms with E-state index < -0.39 is 5.97 Å². The molecule has 0 saturated carbocycles. The van der Waals surface area contributed by atoms with Crippen molar-refractivity contribution < 1.29 is 9.90 Å². The Bertz CT molecular complexity index is 740. The van der Waals surface area contributed by atoms with Crippen molar-refractivity contribution >= 4 is 17.3 Å². The summed E-state index contributed by atoms with van der Waals surface area (Å²) in [6.07, 6.45) is 3.50. The van der Waals surface area contributed by atoms with Crippen LogP contribution < -0.4 is 0 Å². The molecule has 6 nitrogen and oxygen atoms in total. The standard InChI is InChI=1S/C12H10N4O2S/c1-16-3-2-8(15-16)11-14-10(6-19-11)7-4-9(12(17)18)13-5-7/h2-6,13H,1H3,(H,17,18). The Labute approximate surface area is 112 Å². The van der Waals surface area contributed by atoms with Crippen molar-refractivity contribution in [1.29, 1.82) is 0 Å². The highest BCUT2D eigenvalue weighted by Crippen LogP contribution is 2.28. The zero-order chi connectivity index (χ0) is 13.4. The number of aryl methyl sites for hydroxylation is 1. The van der Waals surface area contributed by atoms with E-state index in [9.17, 15) is 4.79 Å². The molecule has 2 N–H and O–H groups in total. The summed E-state index contributed by atoms with van der Waals surface area (Å²) < 4.78 is 1.72. The smallest absolute Gasteiger partial charge is 0.352 e. The maximum Gasteiger partial charge on any atom is 0.352 e. The van der Waals surface area contributed by atoms with Crippen LogP contribution in [0.1, 0.15) is 10.5 Å². The normalized spacial score (nSPS) is 10.8. The first kappa shape index (κ1) is 11.7. The van der Waals surface area contributed by atoms with E-state index in [0.29, 0.717) is 0 Å². The van der Waals surface area contributed by atoms with Crippen molar-refractivity contribution in [3.8, 4) is 22.0 Å². The largest absolute Gasteiger partial charge is 0.477 e. The van der Waals surface area contributed by atoms with Gasteiger partial charge in [0.05, 0.1) is 5.69 Å². The van der Waals surface area contributed by atoms with Gasteiger partial charge in [-0.05, 0) is 12.1 Å². The molecular weight excluding hydrogens is 264 g/mol. The lowest BCUT2D eigenvalue weighted by Gasteiger charge is -1.89. The number of hydrogen-bond acceptors (Lipinski definition) is 4. The van der Waals surface area contributed by atoms with Gasteiger partial charge in [-0.2, -0.15) is 5.10 Å². The fourth-order valence-electron chi connectivity index (χ4n) is 1.72. The third kappa shape index (κ3) is 2.15. The Kier molecular flexibility index (Phi) is 2.68. The number of aromatic nitrogens is 4. The van der Waals surface area contributed by atoms with Crippen molar-refractivity contribution in [3.63, 3.8) is 0 Å². The number of hydrogen-bond donors (Lipinski definition) is 2. The highest BCUT2D eigenvalue weighted by atomic mass is 32.1. The van der Waals surface area contributed by atoms with Gasteiger partial charge in [-0.15, -0.1) is 11.3 Å². The Morgan fingerprint density at radius 1 is 1.47 bits per heavy atom. The van der Waals surface area contributed by atoms with Gasteiger partial charge in [-0.25, -0.2) is 9.78 Å². The Hall–Kier alpha value is -2.41. The van der Waals surface area contributed by atoms with Gasteiger partial charge in [0.2, 0.25) is 0 Å². The first-order valence-electron chi connectivity index (χ1n) is 5.51. The van der Waals surface area contributed by atoms with Crippen LogP contribution in [0.2, 0.25) is 0 Å². The van der Waals surface area contributed by atoms with Crippen LogP contribution >= 0.6 is 11.3 Å². The molecule has 0 radical (unpaired) electrons. The summed E-state index contributed by atoms with van der Waals surface area (Å²) in [6, 6.07) is 3.46. The molecule has 0 amide bonds. The molecule has 3 rings (SSSR count). The maximum atomic E-state index is 10.8. The van der Waals surface area contributed by atoms with E-state index in [2.05, 4.69) is 15.1 Å². The van der Waals surface area contributed by atoms with Gasteiger partial charge >= 0.3 is 5.97 Å². The number of carboxylic acids is 1. The van der Waals surface area contributed by atoms with Gasteiger partial charge in [-0.3, -0.25) is 4.68 Å². The molecule has 0 aromatic carbocycles. The second-order valence-corrected chi connectivity index (χ2v) is 4.88. The number of aromatic amines is 1. The topological polar surface area (TPSA) is 83.8 Å². The molecule has 0 bridgehead atoms. The number of nitrogens with zero attached hydrogens (tertiary/aromatic N) is 3. The van der Waals surface area contributed by atoms with Crippen molar-refractivity contribution in [3.05, 3.63) is 35.6 Å². The minimum Gasteiger partial charge on any atom is -0.477 e. The van der Waals surface area contributed by atoms with Crippen molar-refractivity contribution in [1.82, 2.24) is 19.7 Å². The molecule has 0 saturated heterocycles. The van der Waals surface area contributed by atoms with Crippen LogP contribution in [0, 0.1) is 0 Å². The van der Waals surface area contributed by atoms with E-state index in [1.54, 1.807) is 16.9 Å². The van der Waals surface area contributed by atoms with Crippen molar-refractivity contribution in [2.24, 2.45) is 7.05 Å². The van der Waals surface area contributed by atoms with Gasteiger partial charge in [0.1, 0.15) is 16.4 Å². The van der Waals surface area contributed by atoms with Crippen LogP contribution in [0.15, 0.2) is 29.9 Å². The lowest BCUT2D eigenvalue weighted by molar-refractivity contribution is 0.0691.